The quantitative estimate of drug-likeness (QED) is 0.630. The van der Waals surface area contributed by atoms with Crippen LogP contribution in [0.15, 0.2) is 34.2 Å². The van der Waals surface area contributed by atoms with Gasteiger partial charge in [0.25, 0.3) is 0 Å². The molecule has 0 aliphatic heterocycles. The Labute approximate surface area is 127 Å². The van der Waals surface area contributed by atoms with Crippen molar-refractivity contribution < 1.29 is 4.74 Å². The summed E-state index contributed by atoms with van der Waals surface area (Å²) in [5.41, 5.74) is 2.38. The fourth-order valence-corrected chi connectivity index (χ4v) is 3.58. The summed E-state index contributed by atoms with van der Waals surface area (Å²) in [6, 6.07) is 7.98. The van der Waals surface area contributed by atoms with Crippen LogP contribution < -0.4 is 4.74 Å². The molecule has 1 aromatic carbocycles. The van der Waals surface area contributed by atoms with Crippen molar-refractivity contribution >= 4 is 23.4 Å². The molecule has 0 unspecified atom stereocenters. The van der Waals surface area contributed by atoms with Gasteiger partial charge in [-0.3, -0.25) is 0 Å². The number of nitrogens with zero attached hydrogens (tertiary/aromatic N) is 2. The molecule has 0 N–H and O–H groups in total. The van der Waals surface area contributed by atoms with Gasteiger partial charge in [0.15, 0.2) is 0 Å². The Hall–Kier alpha value is -1.26. The normalized spacial score (nSPS) is 13.9. The third kappa shape index (κ3) is 2.91. The maximum absolute atomic E-state index is 6.04. The largest absolute Gasteiger partial charge is 0.497 e. The van der Waals surface area contributed by atoms with Crippen molar-refractivity contribution in [3.05, 3.63) is 40.8 Å². The monoisotopic (exact) mass is 306 g/mol. The molecule has 0 saturated carbocycles. The first-order valence-electron chi connectivity index (χ1n) is 6.63. The van der Waals surface area contributed by atoms with E-state index in [0.717, 1.165) is 34.2 Å². The second kappa shape index (κ2) is 6.02. The summed E-state index contributed by atoms with van der Waals surface area (Å²) in [7, 11) is 1.67. The zero-order chi connectivity index (χ0) is 13.9. The molecule has 1 heterocycles. The number of aromatic nitrogens is 2. The zero-order valence-corrected chi connectivity index (χ0v) is 12.8. The molecule has 0 amide bonds. The number of rotatable bonds is 3. The average molecular weight is 307 g/mol. The van der Waals surface area contributed by atoms with Gasteiger partial charge < -0.3 is 4.74 Å². The summed E-state index contributed by atoms with van der Waals surface area (Å²) in [6.07, 6.45) is 4.44. The van der Waals surface area contributed by atoms with Crippen molar-refractivity contribution in [3.8, 4) is 5.75 Å². The van der Waals surface area contributed by atoms with Crippen LogP contribution in [0.1, 0.15) is 24.1 Å². The summed E-state index contributed by atoms with van der Waals surface area (Å²) in [4.78, 5) is 9.91. The van der Waals surface area contributed by atoms with Crippen LogP contribution in [0.25, 0.3) is 0 Å². The Bertz CT molecular complexity index is 616. The van der Waals surface area contributed by atoms with Crippen LogP contribution in [0.3, 0.4) is 0 Å². The maximum Gasteiger partial charge on any atom is 0.223 e. The molecule has 0 atom stereocenters. The van der Waals surface area contributed by atoms with E-state index in [1.165, 1.54) is 18.4 Å². The van der Waals surface area contributed by atoms with Gasteiger partial charge in [0, 0.05) is 16.2 Å². The molecule has 3 rings (SSSR count). The standard InChI is InChI=1S/C15H15ClN2OS/c1-19-10-6-8-11(9-7-10)20-14-12-4-2-3-5-13(12)17-15(16)18-14/h6-9H,2-5H2,1H3. The molecule has 1 aliphatic carbocycles. The van der Waals surface area contributed by atoms with Gasteiger partial charge in [0.1, 0.15) is 10.8 Å². The van der Waals surface area contributed by atoms with Gasteiger partial charge in [-0.05, 0) is 61.5 Å². The number of benzene rings is 1. The van der Waals surface area contributed by atoms with Crippen molar-refractivity contribution in [2.75, 3.05) is 7.11 Å². The van der Waals surface area contributed by atoms with Gasteiger partial charge in [-0.2, -0.15) is 0 Å². The topological polar surface area (TPSA) is 35.0 Å². The third-order valence-electron chi connectivity index (χ3n) is 3.39. The fourth-order valence-electron chi connectivity index (χ4n) is 2.37. The second-order valence-electron chi connectivity index (χ2n) is 4.71. The van der Waals surface area contributed by atoms with Crippen molar-refractivity contribution in [2.45, 2.75) is 35.6 Å². The van der Waals surface area contributed by atoms with Crippen LogP contribution in [-0.2, 0) is 12.8 Å². The predicted octanol–water partition coefficient (Wildman–Crippen LogP) is 4.17. The van der Waals surface area contributed by atoms with E-state index >= 15 is 0 Å². The molecule has 0 radical (unpaired) electrons. The summed E-state index contributed by atoms with van der Waals surface area (Å²) in [5, 5.41) is 1.34. The third-order valence-corrected chi connectivity index (χ3v) is 4.60. The lowest BCUT2D eigenvalue weighted by Crippen LogP contribution is -2.08. The van der Waals surface area contributed by atoms with Crippen molar-refractivity contribution in [1.29, 1.82) is 0 Å². The molecular weight excluding hydrogens is 292 g/mol. The van der Waals surface area contributed by atoms with Crippen molar-refractivity contribution in [2.24, 2.45) is 0 Å². The molecule has 1 aliphatic rings. The molecule has 3 nitrogen and oxygen atoms in total. The first-order valence-corrected chi connectivity index (χ1v) is 7.83. The van der Waals surface area contributed by atoms with Crippen LogP contribution >= 0.6 is 23.4 Å². The second-order valence-corrected chi connectivity index (χ2v) is 6.11. The molecule has 0 bridgehead atoms. The SMILES string of the molecule is COc1ccc(Sc2nc(Cl)nc3c2CCCC3)cc1. The van der Waals surface area contributed by atoms with Crippen LogP contribution in [-0.4, -0.2) is 17.1 Å². The Balaban J connectivity index is 1.91. The van der Waals surface area contributed by atoms with E-state index in [9.17, 15) is 0 Å². The number of fused-ring (bicyclic) bond motifs is 1. The lowest BCUT2D eigenvalue weighted by atomic mass is 9.98. The lowest BCUT2D eigenvalue weighted by Gasteiger charge is -2.17. The first-order chi connectivity index (χ1) is 9.76. The number of aryl methyl sites for hydroxylation is 1. The van der Waals surface area contributed by atoms with E-state index in [4.69, 9.17) is 16.3 Å². The number of methoxy groups -OCH3 is 1. The highest BCUT2D eigenvalue weighted by Gasteiger charge is 2.18. The molecular formula is C15H15ClN2OS. The van der Waals surface area contributed by atoms with E-state index in [2.05, 4.69) is 9.97 Å². The summed E-state index contributed by atoms with van der Waals surface area (Å²) < 4.78 is 5.17. The van der Waals surface area contributed by atoms with Gasteiger partial charge in [-0.25, -0.2) is 9.97 Å². The number of ether oxygens (including phenoxy) is 1. The highest BCUT2D eigenvalue weighted by Crippen LogP contribution is 2.34. The van der Waals surface area contributed by atoms with Crippen LogP contribution in [0.5, 0.6) is 5.75 Å². The van der Waals surface area contributed by atoms with Crippen LogP contribution in [0.2, 0.25) is 5.28 Å². The zero-order valence-electron chi connectivity index (χ0n) is 11.2. The molecule has 5 heteroatoms. The van der Waals surface area contributed by atoms with E-state index < -0.39 is 0 Å². The summed E-state index contributed by atoms with van der Waals surface area (Å²) in [6.45, 7) is 0. The minimum absolute atomic E-state index is 0.349. The molecule has 104 valence electrons. The summed E-state index contributed by atoms with van der Waals surface area (Å²) >= 11 is 7.68. The van der Waals surface area contributed by atoms with Crippen LogP contribution in [0.4, 0.5) is 0 Å². The number of halogens is 1. The number of hydrogen-bond donors (Lipinski definition) is 0. The lowest BCUT2D eigenvalue weighted by molar-refractivity contribution is 0.414. The van der Waals surface area contributed by atoms with Gasteiger partial charge in [0.05, 0.1) is 7.11 Å². The van der Waals surface area contributed by atoms with Gasteiger partial charge in [-0.1, -0.05) is 11.8 Å². The van der Waals surface area contributed by atoms with Crippen LogP contribution in [0, 0.1) is 0 Å². The van der Waals surface area contributed by atoms with E-state index in [1.54, 1.807) is 18.9 Å². The van der Waals surface area contributed by atoms with E-state index in [0.29, 0.717) is 5.28 Å². The molecule has 2 aromatic rings. The Kier molecular flexibility index (Phi) is 4.13. The first kappa shape index (κ1) is 13.7. The van der Waals surface area contributed by atoms with Gasteiger partial charge >= 0.3 is 0 Å². The highest BCUT2D eigenvalue weighted by molar-refractivity contribution is 7.99. The molecule has 1 aromatic heterocycles. The highest BCUT2D eigenvalue weighted by atomic mass is 35.5. The van der Waals surface area contributed by atoms with Gasteiger partial charge in [0.2, 0.25) is 5.28 Å². The average Bonchev–Trinajstić information content (AvgIpc) is 2.48. The maximum atomic E-state index is 6.04. The minimum Gasteiger partial charge on any atom is -0.497 e. The Morgan fingerprint density at radius 1 is 1.10 bits per heavy atom. The Morgan fingerprint density at radius 2 is 1.85 bits per heavy atom. The van der Waals surface area contributed by atoms with Gasteiger partial charge in [-0.15, -0.1) is 0 Å². The fraction of sp³-hybridized carbons (Fsp3) is 0.333. The van der Waals surface area contributed by atoms with E-state index in [-0.39, 0.29) is 0 Å². The smallest absolute Gasteiger partial charge is 0.223 e. The Morgan fingerprint density at radius 3 is 2.60 bits per heavy atom. The molecule has 0 spiro atoms. The van der Waals surface area contributed by atoms with Crippen molar-refractivity contribution in [3.63, 3.8) is 0 Å². The predicted molar refractivity (Wildman–Crippen MR) is 80.8 cm³/mol. The molecule has 20 heavy (non-hydrogen) atoms. The molecule has 0 fully saturated rings. The minimum atomic E-state index is 0.349. The van der Waals surface area contributed by atoms with Crippen molar-refractivity contribution in [1.82, 2.24) is 9.97 Å². The molecule has 0 saturated heterocycles. The summed E-state index contributed by atoms with van der Waals surface area (Å²) in [5.74, 6) is 0.858. The van der Waals surface area contributed by atoms with E-state index in [1.807, 2.05) is 24.3 Å². The number of hydrogen-bond acceptors (Lipinski definition) is 4.